The van der Waals surface area contributed by atoms with Gasteiger partial charge in [0, 0.05) is 42.5 Å². The molecule has 0 saturated carbocycles. The first-order chi connectivity index (χ1) is 13.5. The molecule has 0 unspecified atom stereocenters. The molecule has 1 saturated heterocycles. The second-order valence-corrected chi connectivity index (χ2v) is 8.32. The summed E-state index contributed by atoms with van der Waals surface area (Å²) in [7, 11) is 0. The van der Waals surface area contributed by atoms with E-state index in [1.807, 2.05) is 18.2 Å². The van der Waals surface area contributed by atoms with E-state index in [0.29, 0.717) is 12.2 Å². The molecule has 1 fully saturated rings. The molecule has 150 valence electrons. The monoisotopic (exact) mass is 407 g/mol. The summed E-state index contributed by atoms with van der Waals surface area (Å²) < 4.78 is 39.9. The summed E-state index contributed by atoms with van der Waals surface area (Å²) in [6.45, 7) is 5.74. The summed E-state index contributed by atoms with van der Waals surface area (Å²) in [6.07, 6.45) is 5.50. The van der Waals surface area contributed by atoms with Crippen molar-refractivity contribution in [1.29, 1.82) is 0 Å². The Kier molecular flexibility index (Phi) is 5.85. The van der Waals surface area contributed by atoms with Gasteiger partial charge in [0.05, 0.1) is 16.9 Å². The third kappa shape index (κ3) is 4.31. The Labute approximate surface area is 168 Å². The van der Waals surface area contributed by atoms with Gasteiger partial charge in [0.1, 0.15) is 0 Å². The van der Waals surface area contributed by atoms with Crippen LogP contribution in [-0.4, -0.2) is 44.2 Å². The van der Waals surface area contributed by atoms with Crippen LogP contribution >= 0.6 is 11.8 Å². The molecule has 1 N–H and O–H groups in total. The number of nitrogens with zero attached hydrogens (tertiary/aromatic N) is 2. The lowest BCUT2D eigenvalue weighted by Crippen LogP contribution is -2.44. The van der Waals surface area contributed by atoms with Gasteiger partial charge in [-0.2, -0.15) is 13.2 Å². The van der Waals surface area contributed by atoms with Crippen molar-refractivity contribution in [3.63, 3.8) is 0 Å². The minimum absolute atomic E-state index is 0.585. The highest BCUT2D eigenvalue weighted by atomic mass is 32.2. The number of alkyl halides is 3. The van der Waals surface area contributed by atoms with Crippen molar-refractivity contribution in [2.75, 3.05) is 44.2 Å². The van der Waals surface area contributed by atoms with Crippen LogP contribution in [0.5, 0.6) is 0 Å². The van der Waals surface area contributed by atoms with Crippen molar-refractivity contribution in [2.45, 2.75) is 23.9 Å². The Morgan fingerprint density at radius 3 is 2.68 bits per heavy atom. The van der Waals surface area contributed by atoms with E-state index < -0.39 is 11.7 Å². The highest BCUT2D eigenvalue weighted by Gasteiger charge is 2.33. The highest BCUT2D eigenvalue weighted by Crippen LogP contribution is 2.47. The van der Waals surface area contributed by atoms with Gasteiger partial charge in [-0.15, -0.1) is 0 Å². The molecule has 0 bridgehead atoms. The van der Waals surface area contributed by atoms with E-state index in [1.54, 1.807) is 17.8 Å². The first kappa shape index (κ1) is 19.6. The molecule has 0 amide bonds. The summed E-state index contributed by atoms with van der Waals surface area (Å²) in [6, 6.07) is 4.12. The zero-order valence-corrected chi connectivity index (χ0v) is 16.5. The molecule has 3 nitrogen and oxygen atoms in total. The van der Waals surface area contributed by atoms with E-state index >= 15 is 0 Å². The molecular formula is C21H24F3N3S. The van der Waals surface area contributed by atoms with Crippen LogP contribution < -0.4 is 10.2 Å². The number of allylic oxidation sites excluding steroid dienone is 5. The van der Waals surface area contributed by atoms with Crippen LogP contribution in [0.25, 0.3) is 0 Å². The third-order valence-electron chi connectivity index (χ3n) is 5.26. The first-order valence-electron chi connectivity index (χ1n) is 9.68. The van der Waals surface area contributed by atoms with Crippen LogP contribution in [0.2, 0.25) is 0 Å². The Balaban J connectivity index is 1.59. The number of hydrogen-bond acceptors (Lipinski definition) is 4. The number of anilines is 1. The molecular weight excluding hydrogens is 383 g/mol. The van der Waals surface area contributed by atoms with E-state index in [0.717, 1.165) is 56.2 Å². The van der Waals surface area contributed by atoms with Crippen molar-refractivity contribution >= 4 is 17.4 Å². The van der Waals surface area contributed by atoms with Crippen molar-refractivity contribution < 1.29 is 13.2 Å². The zero-order valence-electron chi connectivity index (χ0n) is 15.6. The average molecular weight is 408 g/mol. The topological polar surface area (TPSA) is 18.5 Å². The maximum absolute atomic E-state index is 13.3. The van der Waals surface area contributed by atoms with E-state index in [2.05, 4.69) is 21.2 Å². The predicted molar refractivity (Wildman–Crippen MR) is 108 cm³/mol. The lowest BCUT2D eigenvalue weighted by Gasteiger charge is -2.35. The molecule has 3 aliphatic rings. The first-order valence-corrected chi connectivity index (χ1v) is 10.5. The predicted octanol–water partition coefficient (Wildman–Crippen LogP) is 4.64. The van der Waals surface area contributed by atoms with Crippen molar-refractivity contribution in [3.05, 3.63) is 58.7 Å². The van der Waals surface area contributed by atoms with Crippen LogP contribution in [0, 0.1) is 0 Å². The van der Waals surface area contributed by atoms with Crippen molar-refractivity contribution in [1.82, 2.24) is 10.2 Å². The largest absolute Gasteiger partial charge is 0.416 e. The molecule has 0 radical (unpaired) electrons. The van der Waals surface area contributed by atoms with E-state index in [-0.39, 0.29) is 0 Å². The van der Waals surface area contributed by atoms with Gasteiger partial charge >= 0.3 is 6.18 Å². The van der Waals surface area contributed by atoms with Gasteiger partial charge in [0.2, 0.25) is 0 Å². The second-order valence-electron chi connectivity index (χ2n) is 7.18. The van der Waals surface area contributed by atoms with E-state index in [4.69, 9.17) is 0 Å². The van der Waals surface area contributed by atoms with Gasteiger partial charge in [0.15, 0.2) is 0 Å². The van der Waals surface area contributed by atoms with Gasteiger partial charge < -0.3 is 15.1 Å². The number of fused-ring (bicyclic) bond motifs is 1. The Bertz CT molecular complexity index is 808. The molecule has 28 heavy (non-hydrogen) atoms. The molecule has 0 spiro atoms. The Morgan fingerprint density at radius 1 is 1.07 bits per heavy atom. The molecule has 1 aromatic rings. The number of benzene rings is 1. The minimum atomic E-state index is -4.33. The van der Waals surface area contributed by atoms with Gasteiger partial charge in [0.25, 0.3) is 0 Å². The van der Waals surface area contributed by atoms with Crippen molar-refractivity contribution in [2.24, 2.45) is 0 Å². The molecule has 0 atom stereocenters. The molecule has 1 aliphatic carbocycles. The Morgan fingerprint density at radius 2 is 1.89 bits per heavy atom. The summed E-state index contributed by atoms with van der Waals surface area (Å²) in [5.41, 5.74) is 1.12. The normalized spacial score (nSPS) is 20.2. The maximum Gasteiger partial charge on any atom is 0.416 e. The smallest absolute Gasteiger partial charge is 0.340 e. The van der Waals surface area contributed by atoms with Crippen LogP contribution in [0.4, 0.5) is 18.9 Å². The summed E-state index contributed by atoms with van der Waals surface area (Å²) >= 11 is 1.59. The second kappa shape index (κ2) is 8.35. The molecule has 2 aliphatic heterocycles. The van der Waals surface area contributed by atoms with Crippen LogP contribution in [0.3, 0.4) is 0 Å². The standard InChI is InChI=1S/C21H24F3N3S/c22-21(23,24)16-7-8-20-18(15-16)27(12-4-11-26-13-9-25-10-14-26)17-5-2-1-3-6-19(17)28-20/h1-3,5,7-8,15,25H,4,6,9-14H2. The van der Waals surface area contributed by atoms with E-state index in [9.17, 15) is 13.2 Å². The molecule has 7 heteroatoms. The van der Waals surface area contributed by atoms with Gasteiger partial charge in [-0.25, -0.2) is 0 Å². The number of hydrogen-bond donors (Lipinski definition) is 1. The molecule has 2 heterocycles. The highest BCUT2D eigenvalue weighted by molar-refractivity contribution is 8.03. The quantitative estimate of drug-likeness (QED) is 0.783. The van der Waals surface area contributed by atoms with Gasteiger partial charge in [-0.05, 0) is 43.7 Å². The number of thioether (sulfide) groups is 1. The van der Waals surface area contributed by atoms with Gasteiger partial charge in [-0.3, -0.25) is 0 Å². The summed E-state index contributed by atoms with van der Waals surface area (Å²) in [4.78, 5) is 6.60. The number of halogens is 3. The lowest BCUT2D eigenvalue weighted by molar-refractivity contribution is -0.137. The summed E-state index contributed by atoms with van der Waals surface area (Å²) in [5, 5.41) is 3.35. The summed E-state index contributed by atoms with van der Waals surface area (Å²) in [5.74, 6) is 0. The van der Waals surface area contributed by atoms with Crippen LogP contribution in [-0.2, 0) is 6.18 Å². The molecule has 1 aromatic carbocycles. The van der Waals surface area contributed by atoms with Crippen molar-refractivity contribution in [3.8, 4) is 0 Å². The lowest BCUT2D eigenvalue weighted by atomic mass is 10.1. The fourth-order valence-electron chi connectivity index (χ4n) is 3.81. The SMILES string of the molecule is FC(F)(F)c1ccc2c(c1)N(CCCN1CCNCC1)C1=C(CC=CC=C1)S2. The average Bonchev–Trinajstić information content (AvgIpc) is 2.92. The number of piperazine rings is 1. The van der Waals surface area contributed by atoms with Crippen LogP contribution in [0.1, 0.15) is 18.4 Å². The Hall–Kier alpha value is -1.70. The fraction of sp³-hybridized carbons (Fsp3) is 0.429. The van der Waals surface area contributed by atoms with E-state index in [1.165, 1.54) is 17.0 Å². The maximum atomic E-state index is 13.3. The number of rotatable bonds is 4. The molecule has 4 rings (SSSR count). The minimum Gasteiger partial charge on any atom is -0.340 e. The fourth-order valence-corrected chi connectivity index (χ4v) is 4.95. The van der Waals surface area contributed by atoms with Gasteiger partial charge in [-0.1, -0.05) is 30.0 Å². The van der Waals surface area contributed by atoms with Crippen LogP contribution in [0.15, 0.2) is 58.0 Å². The molecule has 0 aromatic heterocycles. The third-order valence-corrected chi connectivity index (χ3v) is 6.44. The zero-order chi connectivity index (χ0) is 19.6. The number of nitrogens with one attached hydrogen (secondary N) is 1.